The summed E-state index contributed by atoms with van der Waals surface area (Å²) in [5.74, 6) is -0.295. The Morgan fingerprint density at radius 1 is 1.48 bits per heavy atom. The zero-order valence-electron chi connectivity index (χ0n) is 12.7. The topological polar surface area (TPSA) is 77.9 Å². The minimum Gasteiger partial charge on any atom is -0.395 e. The van der Waals surface area contributed by atoms with E-state index in [4.69, 9.17) is 5.11 Å². The lowest BCUT2D eigenvalue weighted by Crippen LogP contribution is -2.36. The molecule has 8 heteroatoms. The molecule has 0 saturated carbocycles. The number of carbonyl (C=O) groups is 1. The monoisotopic (exact) mass is 324 g/mol. The normalized spacial score (nSPS) is 21.3. The van der Waals surface area contributed by atoms with Crippen molar-refractivity contribution >= 4 is 16.1 Å². The van der Waals surface area contributed by atoms with Crippen LogP contribution in [0, 0.1) is 0 Å². The molecular formula is C13H25FN2O4S. The van der Waals surface area contributed by atoms with Crippen molar-refractivity contribution in [2.75, 3.05) is 32.8 Å². The highest BCUT2D eigenvalue weighted by Gasteiger charge is 2.39. The average Bonchev–Trinajstić information content (AvgIpc) is 2.79. The van der Waals surface area contributed by atoms with E-state index in [1.165, 1.54) is 4.90 Å². The molecule has 1 amide bonds. The first-order valence-corrected chi connectivity index (χ1v) is 8.80. The molecule has 1 saturated heterocycles. The summed E-state index contributed by atoms with van der Waals surface area (Å²) in [5.41, 5.74) is 0. The molecule has 6 nitrogen and oxygen atoms in total. The van der Waals surface area contributed by atoms with Crippen molar-refractivity contribution in [2.24, 2.45) is 0 Å². The first kappa shape index (κ1) is 18.3. The van der Waals surface area contributed by atoms with Crippen LogP contribution < -0.4 is 0 Å². The third kappa shape index (κ3) is 5.52. The van der Waals surface area contributed by atoms with E-state index in [2.05, 4.69) is 4.90 Å². The van der Waals surface area contributed by atoms with Crippen molar-refractivity contribution in [3.8, 4) is 0 Å². The first-order valence-electron chi connectivity index (χ1n) is 7.35. The van der Waals surface area contributed by atoms with Gasteiger partial charge in [-0.25, -0.2) is 0 Å². The highest BCUT2D eigenvalue weighted by atomic mass is 32.3. The lowest BCUT2D eigenvalue weighted by Gasteiger charge is -2.26. The van der Waals surface area contributed by atoms with Crippen LogP contribution in [0.25, 0.3) is 0 Å². The number of hydrogen-bond donors (Lipinski definition) is 1. The average molecular weight is 324 g/mol. The van der Waals surface area contributed by atoms with Crippen LogP contribution >= 0.6 is 0 Å². The van der Waals surface area contributed by atoms with Gasteiger partial charge in [-0.05, 0) is 32.9 Å². The Morgan fingerprint density at radius 3 is 2.62 bits per heavy atom. The molecule has 0 aromatic heterocycles. The van der Waals surface area contributed by atoms with Crippen molar-refractivity contribution in [3.63, 3.8) is 0 Å². The Kier molecular flexibility index (Phi) is 7.02. The second-order valence-electron chi connectivity index (χ2n) is 5.50. The Morgan fingerprint density at radius 2 is 2.14 bits per heavy atom. The number of aliphatic hydroxyl groups is 1. The third-order valence-corrected chi connectivity index (χ3v) is 5.12. The number of halogens is 1. The van der Waals surface area contributed by atoms with Gasteiger partial charge in [-0.3, -0.25) is 4.79 Å². The molecule has 0 aromatic carbocycles. The van der Waals surface area contributed by atoms with Gasteiger partial charge >= 0.3 is 10.2 Å². The number of likely N-dealkylation sites (tertiary alicyclic amines) is 1. The SMILES string of the molecule is CCN(CCO)CCCC(C)N1CC(S(=O)(=O)F)CC1=O. The van der Waals surface area contributed by atoms with Gasteiger partial charge in [0.25, 0.3) is 0 Å². The van der Waals surface area contributed by atoms with Crippen LogP contribution in [0.3, 0.4) is 0 Å². The van der Waals surface area contributed by atoms with Gasteiger partial charge in [0.1, 0.15) is 5.25 Å². The van der Waals surface area contributed by atoms with E-state index < -0.39 is 15.5 Å². The largest absolute Gasteiger partial charge is 0.395 e. The molecule has 1 aliphatic heterocycles. The predicted molar refractivity (Wildman–Crippen MR) is 78.0 cm³/mol. The Bertz CT molecular complexity index is 443. The Balaban J connectivity index is 2.42. The van der Waals surface area contributed by atoms with Crippen LogP contribution in [-0.4, -0.2) is 73.3 Å². The fourth-order valence-electron chi connectivity index (χ4n) is 2.65. The molecule has 1 aliphatic rings. The van der Waals surface area contributed by atoms with Crippen molar-refractivity contribution in [3.05, 3.63) is 0 Å². The minimum atomic E-state index is -4.65. The summed E-state index contributed by atoms with van der Waals surface area (Å²) in [6.07, 6.45) is 1.31. The van der Waals surface area contributed by atoms with Gasteiger partial charge in [0, 0.05) is 25.6 Å². The molecule has 124 valence electrons. The lowest BCUT2D eigenvalue weighted by molar-refractivity contribution is -0.129. The number of aliphatic hydroxyl groups excluding tert-OH is 1. The van der Waals surface area contributed by atoms with Crippen molar-refractivity contribution in [1.82, 2.24) is 9.80 Å². The van der Waals surface area contributed by atoms with Gasteiger partial charge in [-0.2, -0.15) is 8.42 Å². The maximum atomic E-state index is 13.0. The lowest BCUT2D eigenvalue weighted by atomic mass is 10.1. The number of likely N-dealkylation sites (N-methyl/N-ethyl adjacent to an activating group) is 1. The van der Waals surface area contributed by atoms with E-state index in [0.717, 1.165) is 25.9 Å². The van der Waals surface area contributed by atoms with E-state index in [1.54, 1.807) is 0 Å². The predicted octanol–water partition coefficient (Wildman–Crippen LogP) is 0.369. The molecule has 1 rings (SSSR count). The van der Waals surface area contributed by atoms with Crippen LogP contribution in [0.15, 0.2) is 0 Å². The number of carbonyl (C=O) groups excluding carboxylic acids is 1. The molecule has 2 unspecified atom stereocenters. The maximum Gasteiger partial charge on any atom is 0.307 e. The number of amides is 1. The molecular weight excluding hydrogens is 299 g/mol. The summed E-state index contributed by atoms with van der Waals surface area (Å²) in [6, 6.07) is -0.0999. The minimum absolute atomic E-state index is 0.0486. The zero-order chi connectivity index (χ0) is 16.0. The fourth-order valence-corrected chi connectivity index (χ4v) is 3.33. The Labute approximate surface area is 126 Å². The van der Waals surface area contributed by atoms with Crippen molar-refractivity contribution in [1.29, 1.82) is 0 Å². The molecule has 0 bridgehead atoms. The van der Waals surface area contributed by atoms with Gasteiger partial charge in [0.15, 0.2) is 0 Å². The maximum absolute atomic E-state index is 13.0. The van der Waals surface area contributed by atoms with Crippen LogP contribution in [-0.2, 0) is 15.0 Å². The summed E-state index contributed by atoms with van der Waals surface area (Å²) in [4.78, 5) is 15.3. The van der Waals surface area contributed by atoms with Gasteiger partial charge in [0.2, 0.25) is 5.91 Å². The second-order valence-corrected chi connectivity index (χ2v) is 7.11. The van der Waals surface area contributed by atoms with Gasteiger partial charge in [0.05, 0.1) is 6.61 Å². The van der Waals surface area contributed by atoms with Gasteiger partial charge in [-0.1, -0.05) is 6.92 Å². The zero-order valence-corrected chi connectivity index (χ0v) is 13.5. The highest BCUT2D eigenvalue weighted by molar-refractivity contribution is 7.87. The molecule has 0 aliphatic carbocycles. The molecule has 21 heavy (non-hydrogen) atoms. The molecule has 0 radical (unpaired) electrons. The van der Waals surface area contributed by atoms with Crippen LogP contribution in [0.1, 0.15) is 33.1 Å². The summed E-state index contributed by atoms with van der Waals surface area (Å²) in [7, 11) is -4.65. The van der Waals surface area contributed by atoms with E-state index in [-0.39, 0.29) is 31.5 Å². The second kappa shape index (κ2) is 8.05. The van der Waals surface area contributed by atoms with Gasteiger partial charge < -0.3 is 14.9 Å². The molecule has 2 atom stereocenters. The van der Waals surface area contributed by atoms with E-state index in [1.807, 2.05) is 13.8 Å². The van der Waals surface area contributed by atoms with Crippen molar-refractivity contribution < 1.29 is 22.2 Å². The van der Waals surface area contributed by atoms with Crippen LogP contribution in [0.5, 0.6) is 0 Å². The van der Waals surface area contributed by atoms with E-state index >= 15 is 0 Å². The summed E-state index contributed by atoms with van der Waals surface area (Å²) in [6.45, 7) is 6.22. The van der Waals surface area contributed by atoms with E-state index in [0.29, 0.717) is 6.54 Å². The smallest absolute Gasteiger partial charge is 0.307 e. The molecule has 1 heterocycles. The molecule has 1 N–H and O–H groups in total. The standard InChI is InChI=1S/C13H25FN2O4S/c1-3-15(7-8-17)6-4-5-11(2)16-10-12(9-13(16)18)21(14,19)20/h11-12,17H,3-10H2,1-2H3. The van der Waals surface area contributed by atoms with Crippen molar-refractivity contribution in [2.45, 2.75) is 44.4 Å². The number of rotatable bonds is 9. The fraction of sp³-hybridized carbons (Fsp3) is 0.923. The van der Waals surface area contributed by atoms with Crippen LogP contribution in [0.4, 0.5) is 3.89 Å². The molecule has 1 fully saturated rings. The van der Waals surface area contributed by atoms with Crippen LogP contribution in [0.2, 0.25) is 0 Å². The Hall–Kier alpha value is -0.730. The molecule has 0 spiro atoms. The summed E-state index contributed by atoms with van der Waals surface area (Å²) in [5, 5.41) is 7.69. The quantitative estimate of drug-likeness (QED) is 0.620. The first-order chi connectivity index (χ1) is 9.79. The number of nitrogens with zero attached hydrogens (tertiary/aromatic N) is 2. The third-order valence-electron chi connectivity index (χ3n) is 4.01. The highest BCUT2D eigenvalue weighted by Crippen LogP contribution is 2.23. The van der Waals surface area contributed by atoms with Gasteiger partial charge in [-0.15, -0.1) is 3.89 Å². The summed E-state index contributed by atoms with van der Waals surface area (Å²) >= 11 is 0. The number of hydrogen-bond acceptors (Lipinski definition) is 5. The summed E-state index contributed by atoms with van der Waals surface area (Å²) < 4.78 is 34.7. The molecule has 0 aromatic rings. The van der Waals surface area contributed by atoms with E-state index in [9.17, 15) is 17.1 Å².